The Morgan fingerprint density at radius 1 is 0.842 bits per heavy atom. The second-order valence-corrected chi connectivity index (χ2v) is 4.38. The molecule has 4 rings (SSSR count). The summed E-state index contributed by atoms with van der Waals surface area (Å²) in [7, 11) is 0. The predicted molar refractivity (Wildman–Crippen MR) is 74.6 cm³/mol. The highest BCUT2D eigenvalue weighted by atomic mass is 14.9. The number of imidazole rings is 1. The smallest absolute Gasteiger partial charge is 0.0931 e. The van der Waals surface area contributed by atoms with Gasteiger partial charge in [-0.3, -0.25) is 4.98 Å². The van der Waals surface area contributed by atoms with Crippen LogP contribution in [0.2, 0.25) is 0 Å². The molecule has 4 aromatic rings. The fraction of sp³-hybridized carbons (Fsp3) is 0. The molecule has 0 spiro atoms. The summed E-state index contributed by atoms with van der Waals surface area (Å²) in [6, 6.07) is 13.9. The fourth-order valence-electron chi connectivity index (χ4n) is 2.19. The molecule has 90 valence electrons. The van der Waals surface area contributed by atoms with Crippen molar-refractivity contribution < 1.29 is 0 Å². The highest BCUT2D eigenvalue weighted by Crippen LogP contribution is 2.22. The summed E-state index contributed by atoms with van der Waals surface area (Å²) < 4.78 is 0. The molecule has 0 unspecified atom stereocenters. The summed E-state index contributed by atoms with van der Waals surface area (Å²) in [5.41, 5.74) is 5.69. The lowest BCUT2D eigenvalue weighted by molar-refractivity contribution is 1.29. The molecule has 0 bridgehead atoms. The van der Waals surface area contributed by atoms with Crippen LogP contribution in [0, 0.1) is 0 Å². The number of aromatic amines is 1. The van der Waals surface area contributed by atoms with Gasteiger partial charge in [0.25, 0.3) is 0 Å². The molecule has 0 amide bonds. The van der Waals surface area contributed by atoms with Gasteiger partial charge in [0.05, 0.1) is 40.3 Å². The fourth-order valence-corrected chi connectivity index (χ4v) is 2.19. The maximum absolute atomic E-state index is 4.64. The zero-order chi connectivity index (χ0) is 12.7. The van der Waals surface area contributed by atoms with Gasteiger partial charge in [-0.05, 0) is 24.3 Å². The van der Waals surface area contributed by atoms with E-state index in [0.717, 1.165) is 33.3 Å². The van der Waals surface area contributed by atoms with Gasteiger partial charge >= 0.3 is 0 Å². The average molecular weight is 246 g/mol. The summed E-state index contributed by atoms with van der Waals surface area (Å²) in [5.74, 6) is 0. The number of rotatable bonds is 1. The molecule has 0 aliphatic heterocycles. The third kappa shape index (κ3) is 1.65. The Bertz CT molecular complexity index is 879. The molecule has 0 aliphatic rings. The number of H-pyrrole nitrogens is 1. The van der Waals surface area contributed by atoms with Gasteiger partial charge in [0.1, 0.15) is 0 Å². The summed E-state index contributed by atoms with van der Waals surface area (Å²) in [6.45, 7) is 0. The number of fused-ring (bicyclic) bond motifs is 2. The molecule has 2 aromatic heterocycles. The summed E-state index contributed by atoms with van der Waals surface area (Å²) in [6.07, 6.45) is 3.50. The first-order chi connectivity index (χ1) is 9.40. The van der Waals surface area contributed by atoms with E-state index in [1.807, 2.05) is 42.5 Å². The minimum atomic E-state index is 0.871. The van der Waals surface area contributed by atoms with Crippen molar-refractivity contribution in [2.45, 2.75) is 0 Å². The van der Waals surface area contributed by atoms with Gasteiger partial charge in [-0.2, -0.15) is 0 Å². The van der Waals surface area contributed by atoms with Gasteiger partial charge in [-0.15, -0.1) is 0 Å². The lowest BCUT2D eigenvalue weighted by Crippen LogP contribution is -1.88. The minimum Gasteiger partial charge on any atom is -0.345 e. The van der Waals surface area contributed by atoms with Crippen LogP contribution >= 0.6 is 0 Å². The van der Waals surface area contributed by atoms with Crippen molar-refractivity contribution in [3.05, 3.63) is 55.0 Å². The Morgan fingerprint density at radius 2 is 1.74 bits per heavy atom. The SMILES string of the molecule is c1ccc2nc(-c3ccc4nc[nH]c4c3)cnc2c1. The molecular formula is C15H10N4. The van der Waals surface area contributed by atoms with E-state index in [-0.39, 0.29) is 0 Å². The van der Waals surface area contributed by atoms with Gasteiger partial charge in [0.15, 0.2) is 0 Å². The lowest BCUT2D eigenvalue weighted by atomic mass is 10.1. The lowest BCUT2D eigenvalue weighted by Gasteiger charge is -2.02. The molecule has 0 saturated heterocycles. The van der Waals surface area contributed by atoms with Crippen LogP contribution < -0.4 is 0 Å². The molecule has 0 radical (unpaired) electrons. The van der Waals surface area contributed by atoms with Crippen LogP contribution in [0.4, 0.5) is 0 Å². The first-order valence-corrected chi connectivity index (χ1v) is 6.05. The molecule has 0 aliphatic carbocycles. The number of para-hydroxylation sites is 2. The van der Waals surface area contributed by atoms with Crippen molar-refractivity contribution in [2.75, 3.05) is 0 Å². The molecule has 4 nitrogen and oxygen atoms in total. The zero-order valence-electron chi connectivity index (χ0n) is 10.0. The highest BCUT2D eigenvalue weighted by Gasteiger charge is 2.04. The molecular weight excluding hydrogens is 236 g/mol. The summed E-state index contributed by atoms with van der Waals surface area (Å²) >= 11 is 0. The molecule has 0 atom stereocenters. The Kier molecular flexibility index (Phi) is 2.08. The second kappa shape index (κ2) is 3.88. The Labute approximate surface area is 109 Å². The van der Waals surface area contributed by atoms with Gasteiger partial charge in [-0.1, -0.05) is 18.2 Å². The molecule has 2 aromatic carbocycles. The first-order valence-electron chi connectivity index (χ1n) is 6.05. The quantitative estimate of drug-likeness (QED) is 0.561. The van der Waals surface area contributed by atoms with E-state index in [9.17, 15) is 0 Å². The van der Waals surface area contributed by atoms with Crippen LogP contribution in [0.3, 0.4) is 0 Å². The molecule has 4 heteroatoms. The van der Waals surface area contributed by atoms with Crippen molar-refractivity contribution in [3.63, 3.8) is 0 Å². The predicted octanol–water partition coefficient (Wildman–Crippen LogP) is 3.17. The summed E-state index contributed by atoms with van der Waals surface area (Å²) in [5, 5.41) is 0. The zero-order valence-corrected chi connectivity index (χ0v) is 10.0. The standard InChI is InChI=1S/C15H10N4/c1-2-4-13-11(3-1)16-8-15(19-13)10-5-6-12-14(7-10)18-9-17-12/h1-9H,(H,17,18). The van der Waals surface area contributed by atoms with Gasteiger partial charge in [0.2, 0.25) is 0 Å². The van der Waals surface area contributed by atoms with Gasteiger partial charge < -0.3 is 4.98 Å². The van der Waals surface area contributed by atoms with Crippen LogP contribution in [0.1, 0.15) is 0 Å². The van der Waals surface area contributed by atoms with Crippen molar-refractivity contribution in [1.82, 2.24) is 19.9 Å². The van der Waals surface area contributed by atoms with E-state index < -0.39 is 0 Å². The number of aromatic nitrogens is 4. The number of benzene rings is 2. The van der Waals surface area contributed by atoms with Crippen molar-refractivity contribution in [1.29, 1.82) is 0 Å². The van der Waals surface area contributed by atoms with Crippen molar-refractivity contribution in [2.24, 2.45) is 0 Å². The van der Waals surface area contributed by atoms with Crippen LogP contribution in [0.5, 0.6) is 0 Å². The first kappa shape index (κ1) is 10.2. The van der Waals surface area contributed by atoms with E-state index in [1.165, 1.54) is 0 Å². The monoisotopic (exact) mass is 246 g/mol. The minimum absolute atomic E-state index is 0.871. The molecule has 19 heavy (non-hydrogen) atoms. The van der Waals surface area contributed by atoms with Crippen molar-refractivity contribution >= 4 is 22.1 Å². The molecule has 2 heterocycles. The number of nitrogens with zero attached hydrogens (tertiary/aromatic N) is 3. The van der Waals surface area contributed by atoms with E-state index in [1.54, 1.807) is 12.5 Å². The van der Waals surface area contributed by atoms with E-state index in [4.69, 9.17) is 0 Å². The highest BCUT2D eigenvalue weighted by molar-refractivity contribution is 5.82. The Balaban J connectivity index is 1.92. The van der Waals surface area contributed by atoms with Crippen LogP contribution in [0.15, 0.2) is 55.0 Å². The third-order valence-corrected chi connectivity index (χ3v) is 3.16. The van der Waals surface area contributed by atoms with Crippen LogP contribution in [-0.4, -0.2) is 19.9 Å². The second-order valence-electron chi connectivity index (χ2n) is 4.38. The average Bonchev–Trinajstić information content (AvgIpc) is 2.94. The third-order valence-electron chi connectivity index (χ3n) is 3.16. The van der Waals surface area contributed by atoms with Crippen molar-refractivity contribution in [3.8, 4) is 11.3 Å². The molecule has 1 N–H and O–H groups in total. The number of hydrogen-bond acceptors (Lipinski definition) is 3. The van der Waals surface area contributed by atoms with E-state index >= 15 is 0 Å². The van der Waals surface area contributed by atoms with Crippen LogP contribution in [0.25, 0.3) is 33.3 Å². The summed E-state index contributed by atoms with van der Waals surface area (Å²) in [4.78, 5) is 16.4. The van der Waals surface area contributed by atoms with Crippen LogP contribution in [-0.2, 0) is 0 Å². The van der Waals surface area contributed by atoms with Gasteiger partial charge in [0, 0.05) is 5.56 Å². The normalized spacial score (nSPS) is 11.2. The maximum atomic E-state index is 4.64. The van der Waals surface area contributed by atoms with Gasteiger partial charge in [-0.25, -0.2) is 9.97 Å². The Hall–Kier alpha value is -2.75. The largest absolute Gasteiger partial charge is 0.345 e. The Morgan fingerprint density at radius 3 is 2.68 bits per heavy atom. The topological polar surface area (TPSA) is 54.5 Å². The number of hydrogen-bond donors (Lipinski definition) is 1. The van der Waals surface area contributed by atoms with E-state index in [2.05, 4.69) is 19.9 Å². The number of nitrogens with one attached hydrogen (secondary N) is 1. The maximum Gasteiger partial charge on any atom is 0.0931 e. The molecule has 0 fully saturated rings. The molecule has 0 saturated carbocycles. The van der Waals surface area contributed by atoms with E-state index in [0.29, 0.717) is 0 Å².